The highest BCUT2D eigenvalue weighted by atomic mass is 16.7. The first-order chi connectivity index (χ1) is 36.2. The van der Waals surface area contributed by atoms with Crippen LogP contribution < -0.4 is 26.6 Å². The lowest BCUT2D eigenvalue weighted by Crippen LogP contribution is -2.69. The number of aliphatic hydroxyl groups excluding tert-OH is 5. The summed E-state index contributed by atoms with van der Waals surface area (Å²) in [5.74, 6) is -1.48. The summed E-state index contributed by atoms with van der Waals surface area (Å²) in [5, 5.41) is 70.4. The van der Waals surface area contributed by atoms with Gasteiger partial charge in [-0.05, 0) is 130 Å². The summed E-state index contributed by atoms with van der Waals surface area (Å²) >= 11 is 0. The number of rotatable bonds is 21. The zero-order valence-corrected chi connectivity index (χ0v) is 49.2. The lowest BCUT2D eigenvalue weighted by molar-refractivity contribution is -0.276. The van der Waals surface area contributed by atoms with Crippen LogP contribution in [-0.4, -0.2) is 226 Å². The molecular weight excluding hydrogens is 1040 g/mol. The molecule has 1 aliphatic carbocycles. The first-order valence-electron chi connectivity index (χ1n) is 26.7. The second kappa shape index (κ2) is 28.6. The van der Waals surface area contributed by atoms with E-state index in [-0.39, 0.29) is 51.3 Å². The van der Waals surface area contributed by atoms with Gasteiger partial charge in [-0.25, -0.2) is 24.0 Å². The lowest BCUT2D eigenvalue weighted by atomic mass is 9.82. The Morgan fingerprint density at radius 2 is 1.24 bits per heavy atom. The summed E-state index contributed by atoms with van der Waals surface area (Å²) in [6.07, 6.45) is -15.8. The number of hydrogen-bond donors (Lipinski definition) is 10. The van der Waals surface area contributed by atoms with Crippen molar-refractivity contribution in [3.63, 3.8) is 0 Å². The molecule has 27 nitrogen and oxygen atoms in total. The highest BCUT2D eigenvalue weighted by Crippen LogP contribution is 2.33. The van der Waals surface area contributed by atoms with Crippen LogP contribution in [0.25, 0.3) is 0 Å². The summed E-state index contributed by atoms with van der Waals surface area (Å²) in [4.78, 5) is 81.8. The zero-order chi connectivity index (χ0) is 60.2. The zero-order valence-electron chi connectivity index (χ0n) is 49.2. The van der Waals surface area contributed by atoms with Crippen molar-refractivity contribution in [2.75, 3.05) is 53.0 Å². The van der Waals surface area contributed by atoms with E-state index in [0.717, 1.165) is 4.90 Å². The van der Waals surface area contributed by atoms with Gasteiger partial charge in [0.25, 0.3) is 0 Å². The maximum atomic E-state index is 14.1. The molecule has 2 unspecified atom stereocenters. The van der Waals surface area contributed by atoms with Crippen LogP contribution in [0.15, 0.2) is 11.8 Å². The van der Waals surface area contributed by atoms with Crippen LogP contribution in [0.2, 0.25) is 0 Å². The SMILES string of the molecule is C[C@@H]([C@@H](O)[C@H](OCCO)O[C@@H]1[C@@H](O)[C@H](O[C@H]2OC(CNCC(O)CNC(=O)OC(C)(C)C)=CC[C@H]2NC(=O)OC(C)(C)C)[C@@H](NC(=O)OC(C)(C)C)C[C@H]1NC(=O)C(O)C1CN(C(=O)OC(C)(C)C)C1)N(C)C(=O)OC(C)(C)C. The van der Waals surface area contributed by atoms with Crippen molar-refractivity contribution in [3.8, 4) is 0 Å². The third-order valence-electron chi connectivity index (χ3n) is 11.8. The van der Waals surface area contributed by atoms with E-state index in [1.54, 1.807) is 110 Å². The van der Waals surface area contributed by atoms with Crippen LogP contribution in [-0.2, 0) is 47.4 Å². The van der Waals surface area contributed by atoms with Crippen molar-refractivity contribution in [2.45, 2.75) is 225 Å². The monoisotopic (exact) mass is 1140 g/mol. The Labute approximate surface area is 464 Å². The molecule has 0 spiro atoms. The number of nitrogens with one attached hydrogen (secondary N) is 5. The number of ether oxygens (including phenoxy) is 9. The minimum Gasteiger partial charge on any atom is -0.466 e. The first-order valence-corrected chi connectivity index (χ1v) is 26.7. The van der Waals surface area contributed by atoms with Gasteiger partial charge in [-0.15, -0.1) is 0 Å². The molecule has 456 valence electrons. The third kappa shape index (κ3) is 23.9. The summed E-state index contributed by atoms with van der Waals surface area (Å²) in [6.45, 7) is 25.2. The summed E-state index contributed by atoms with van der Waals surface area (Å²) in [5.41, 5.74) is -4.46. The summed E-state index contributed by atoms with van der Waals surface area (Å²) < 4.78 is 52.6. The number of carbonyl (C=O) groups is 6. The highest BCUT2D eigenvalue weighted by molar-refractivity contribution is 5.82. The minimum atomic E-state index is -1.96. The number of carbonyl (C=O) groups excluding carboxylic acids is 6. The molecule has 0 bridgehead atoms. The molecule has 1 saturated carbocycles. The third-order valence-corrected chi connectivity index (χ3v) is 11.8. The predicted octanol–water partition coefficient (Wildman–Crippen LogP) is 2.08. The number of hydrogen-bond acceptors (Lipinski definition) is 21. The van der Waals surface area contributed by atoms with Crippen LogP contribution >= 0.6 is 0 Å². The fourth-order valence-electron chi connectivity index (χ4n) is 8.04. The molecule has 2 fully saturated rings. The quantitative estimate of drug-likeness (QED) is 0.0581. The molecule has 0 aromatic carbocycles. The van der Waals surface area contributed by atoms with Crippen molar-refractivity contribution < 1.29 is 96.9 Å². The van der Waals surface area contributed by atoms with Gasteiger partial charge in [0.2, 0.25) is 12.2 Å². The largest absolute Gasteiger partial charge is 0.466 e. The molecular formula is C52H93N7O20. The van der Waals surface area contributed by atoms with E-state index in [9.17, 15) is 54.3 Å². The van der Waals surface area contributed by atoms with Crippen molar-refractivity contribution in [1.29, 1.82) is 0 Å². The van der Waals surface area contributed by atoms with Crippen LogP contribution in [0, 0.1) is 5.92 Å². The van der Waals surface area contributed by atoms with Crippen LogP contribution in [0.3, 0.4) is 0 Å². The number of alkyl carbamates (subject to hydrolysis) is 3. The Bertz CT molecular complexity index is 2040. The van der Waals surface area contributed by atoms with Crippen LogP contribution in [0.5, 0.6) is 0 Å². The normalized spacial score (nSPS) is 24.1. The highest BCUT2D eigenvalue weighted by Gasteiger charge is 2.52. The molecule has 27 heteroatoms. The molecule has 12 atom stereocenters. The molecule has 3 rings (SSSR count). The van der Waals surface area contributed by atoms with Gasteiger partial charge in [0.05, 0.1) is 50.0 Å². The molecule has 3 aliphatic rings. The van der Waals surface area contributed by atoms with Crippen LogP contribution in [0.1, 0.15) is 124 Å². The van der Waals surface area contributed by atoms with Gasteiger partial charge in [0.15, 0.2) is 6.29 Å². The topological polar surface area (TPSA) is 353 Å². The number of amides is 6. The Morgan fingerprint density at radius 1 is 0.722 bits per heavy atom. The van der Waals surface area contributed by atoms with Crippen molar-refractivity contribution in [2.24, 2.45) is 5.92 Å². The smallest absolute Gasteiger partial charge is 0.410 e. The average Bonchev–Trinajstić information content (AvgIpc) is 3.25. The second-order valence-electron chi connectivity index (χ2n) is 25.0. The Kier molecular flexibility index (Phi) is 24.7. The lowest BCUT2D eigenvalue weighted by Gasteiger charge is -2.48. The van der Waals surface area contributed by atoms with Crippen molar-refractivity contribution >= 4 is 36.4 Å². The predicted molar refractivity (Wildman–Crippen MR) is 283 cm³/mol. The fraction of sp³-hybridized carbons (Fsp3) is 0.846. The number of nitrogens with zero attached hydrogens (tertiary/aromatic N) is 2. The van der Waals surface area contributed by atoms with E-state index in [2.05, 4.69) is 26.6 Å². The van der Waals surface area contributed by atoms with Crippen LogP contribution in [0.4, 0.5) is 24.0 Å². The van der Waals surface area contributed by atoms with Gasteiger partial charge in [-0.1, -0.05) is 0 Å². The molecule has 10 N–H and O–H groups in total. The summed E-state index contributed by atoms with van der Waals surface area (Å²) in [7, 11) is 1.36. The van der Waals surface area contributed by atoms with E-state index >= 15 is 0 Å². The van der Waals surface area contributed by atoms with Gasteiger partial charge in [0, 0.05) is 39.1 Å². The number of likely N-dealkylation sites (N-methyl/N-ethyl adjacent to an activating group) is 1. The number of aliphatic hydroxyl groups is 5. The van der Waals surface area contributed by atoms with Crippen molar-refractivity contribution in [3.05, 3.63) is 11.8 Å². The average molecular weight is 1140 g/mol. The molecule has 6 amide bonds. The second-order valence-corrected chi connectivity index (χ2v) is 25.0. The molecule has 0 aromatic heterocycles. The van der Waals surface area contributed by atoms with E-state index < -0.39 is 157 Å². The Hall–Kier alpha value is -5.00. The Balaban J connectivity index is 2.10. The van der Waals surface area contributed by atoms with Gasteiger partial charge in [-0.3, -0.25) is 4.79 Å². The van der Waals surface area contributed by atoms with Crippen molar-refractivity contribution in [1.82, 2.24) is 36.4 Å². The van der Waals surface area contributed by atoms with Gasteiger partial charge < -0.3 is 105 Å². The first kappa shape index (κ1) is 68.3. The van der Waals surface area contributed by atoms with E-state index in [0.29, 0.717) is 0 Å². The molecule has 0 radical (unpaired) electrons. The van der Waals surface area contributed by atoms with Gasteiger partial charge in [0.1, 0.15) is 64.3 Å². The standard InChI is InChI=1S/C52H93N7O20/c1-28(58(17)46(69)78-51(11,12)13)35(62)42(71-21-20-60)74-38-33(55-40(65)36(63)29-26-59(27-29)47(70)79-52(14,15)16)22-34(57-45(68)77-50(8,9)10)39(37(38)64)73-41-32(56-44(67)76-49(5,6)7)19-18-31(72-41)25-53-23-30(61)24-54-43(66)75-48(2,3)4/h18,28-30,32-39,41-42,53,60-64H,19-27H2,1-17H3,(H,54,66)(H,55,65)(H,56,67)(H,57,68)/t28-,30?,32+,33+,34-,35+,36?,37+,38-,39+,41+,42+/m0/s1. The molecule has 1 saturated heterocycles. The molecule has 2 aliphatic heterocycles. The molecule has 0 aromatic rings. The molecule has 2 heterocycles. The minimum absolute atomic E-state index is 0.0221. The fourth-order valence-corrected chi connectivity index (χ4v) is 8.04. The Morgan fingerprint density at radius 3 is 1.77 bits per heavy atom. The van der Waals surface area contributed by atoms with Gasteiger partial charge in [-0.2, -0.15) is 0 Å². The maximum absolute atomic E-state index is 14.1. The summed E-state index contributed by atoms with van der Waals surface area (Å²) in [6, 6.07) is -4.88. The number of likely N-dealkylation sites (tertiary alicyclic amines) is 1. The van der Waals surface area contributed by atoms with E-state index in [4.69, 9.17) is 42.6 Å². The van der Waals surface area contributed by atoms with Gasteiger partial charge >= 0.3 is 30.5 Å². The maximum Gasteiger partial charge on any atom is 0.410 e. The van der Waals surface area contributed by atoms with E-state index in [1.165, 1.54) is 18.9 Å². The van der Waals surface area contributed by atoms with E-state index in [1.807, 2.05) is 0 Å². The molecule has 79 heavy (non-hydrogen) atoms.